The molecule has 3 heterocycles. The number of rotatable bonds is 5. The predicted octanol–water partition coefficient (Wildman–Crippen LogP) is 2.80. The number of aryl methyl sites for hydroxylation is 1. The molecule has 0 spiro atoms. The lowest BCUT2D eigenvalue weighted by molar-refractivity contribution is -0.120. The van der Waals surface area contributed by atoms with Crippen molar-refractivity contribution >= 4 is 29.1 Å². The summed E-state index contributed by atoms with van der Waals surface area (Å²) >= 11 is 1.37. The van der Waals surface area contributed by atoms with Gasteiger partial charge in [0.05, 0.1) is 11.1 Å². The molecule has 0 aliphatic carbocycles. The van der Waals surface area contributed by atoms with Gasteiger partial charge in [0.15, 0.2) is 0 Å². The molecule has 3 amide bonds. The Bertz CT molecular complexity index is 1240. The molecule has 1 aliphatic rings. The van der Waals surface area contributed by atoms with Crippen molar-refractivity contribution in [1.82, 2.24) is 25.9 Å². The van der Waals surface area contributed by atoms with E-state index < -0.39 is 11.8 Å². The average molecular weight is 479 g/mol. The first-order chi connectivity index (χ1) is 16.5. The molecule has 0 saturated carbocycles. The van der Waals surface area contributed by atoms with E-state index in [0.717, 1.165) is 10.6 Å². The molecular formula is C23H22N6O4S. The quantitative estimate of drug-likeness (QED) is 0.537. The number of nitriles is 1. The van der Waals surface area contributed by atoms with Gasteiger partial charge in [0.25, 0.3) is 17.7 Å². The normalized spacial score (nSPS) is 13.8. The van der Waals surface area contributed by atoms with E-state index in [1.54, 1.807) is 23.3 Å². The number of hydrogen-bond acceptors (Lipinski definition) is 8. The molecule has 10 nitrogen and oxygen atoms in total. The second kappa shape index (κ2) is 10.3. The van der Waals surface area contributed by atoms with Crippen LogP contribution in [-0.2, 0) is 4.79 Å². The minimum atomic E-state index is -0.596. The zero-order valence-corrected chi connectivity index (χ0v) is 19.2. The fourth-order valence-corrected chi connectivity index (χ4v) is 4.76. The Hall–Kier alpha value is -4.04. The molecule has 3 aromatic rings. The molecule has 1 saturated heterocycles. The van der Waals surface area contributed by atoms with Gasteiger partial charge in [0.1, 0.15) is 29.1 Å². The van der Waals surface area contributed by atoms with Crippen molar-refractivity contribution in [3.05, 3.63) is 57.7 Å². The van der Waals surface area contributed by atoms with Gasteiger partial charge in [0.2, 0.25) is 0 Å². The number of aromatic nitrogens is 2. The maximum atomic E-state index is 13.3. The van der Waals surface area contributed by atoms with Crippen LogP contribution >= 0.6 is 11.3 Å². The van der Waals surface area contributed by atoms with E-state index >= 15 is 0 Å². The third-order valence-corrected chi connectivity index (χ3v) is 6.57. The minimum Gasteiger partial charge on any atom is -0.360 e. The number of thiazole rings is 1. The van der Waals surface area contributed by atoms with Crippen LogP contribution in [-0.4, -0.2) is 45.9 Å². The molecule has 2 aromatic heterocycles. The SMILES string of the molecule is Cc1onc(-c2ccccc2)c1C(=O)N1CCC(c2nc(C(=O)NNC(=O)CC#N)cs2)CC1. The number of nitrogens with one attached hydrogen (secondary N) is 2. The van der Waals surface area contributed by atoms with Crippen molar-refractivity contribution in [3.8, 4) is 17.3 Å². The number of nitrogens with zero attached hydrogens (tertiary/aromatic N) is 4. The molecule has 0 atom stereocenters. The molecule has 34 heavy (non-hydrogen) atoms. The third kappa shape index (κ3) is 4.97. The van der Waals surface area contributed by atoms with Crippen molar-refractivity contribution < 1.29 is 18.9 Å². The largest absolute Gasteiger partial charge is 0.360 e. The minimum absolute atomic E-state index is 0.108. The summed E-state index contributed by atoms with van der Waals surface area (Å²) in [6.07, 6.45) is 1.08. The number of carbonyl (C=O) groups excluding carboxylic acids is 3. The van der Waals surface area contributed by atoms with Crippen molar-refractivity contribution in [1.29, 1.82) is 5.26 Å². The van der Waals surface area contributed by atoms with Crippen molar-refractivity contribution in [2.75, 3.05) is 13.1 Å². The van der Waals surface area contributed by atoms with Crippen LogP contribution in [0.4, 0.5) is 0 Å². The highest BCUT2D eigenvalue weighted by atomic mass is 32.1. The van der Waals surface area contributed by atoms with Crippen molar-refractivity contribution in [2.45, 2.75) is 32.1 Å². The van der Waals surface area contributed by atoms with Gasteiger partial charge in [0, 0.05) is 30.0 Å². The van der Waals surface area contributed by atoms with Crippen LogP contribution in [0.15, 0.2) is 40.2 Å². The number of hydrogen-bond donors (Lipinski definition) is 2. The first-order valence-corrected chi connectivity index (χ1v) is 11.6. The van der Waals surface area contributed by atoms with Gasteiger partial charge in [-0.05, 0) is 19.8 Å². The fourth-order valence-electron chi connectivity index (χ4n) is 3.79. The summed E-state index contributed by atoms with van der Waals surface area (Å²) in [5.41, 5.74) is 6.47. The Morgan fingerprint density at radius 1 is 1.21 bits per heavy atom. The lowest BCUT2D eigenvalue weighted by Crippen LogP contribution is -2.41. The summed E-state index contributed by atoms with van der Waals surface area (Å²) < 4.78 is 5.34. The molecule has 0 bridgehead atoms. The van der Waals surface area contributed by atoms with Crippen molar-refractivity contribution in [3.63, 3.8) is 0 Å². The first kappa shape index (κ1) is 23.1. The third-order valence-electron chi connectivity index (χ3n) is 5.56. The number of amides is 3. The molecular weight excluding hydrogens is 456 g/mol. The van der Waals surface area contributed by atoms with Gasteiger partial charge >= 0.3 is 0 Å². The molecule has 1 fully saturated rings. The summed E-state index contributed by atoms with van der Waals surface area (Å²) in [6.45, 7) is 2.84. The standard InChI is InChI=1S/C23H22N6O4S/c1-14-19(20(28-33-14)15-5-3-2-4-6-15)23(32)29-11-8-16(9-12-29)22-25-17(13-34-22)21(31)27-26-18(30)7-10-24/h2-6,13,16H,7-9,11-12H2,1H3,(H,26,30)(H,27,31). The smallest absolute Gasteiger partial charge is 0.289 e. The van der Waals surface area contributed by atoms with Crippen LogP contribution in [0.5, 0.6) is 0 Å². The molecule has 11 heteroatoms. The second-order valence-electron chi connectivity index (χ2n) is 7.80. The van der Waals surface area contributed by atoms with Crippen LogP contribution in [0.1, 0.15) is 56.8 Å². The van der Waals surface area contributed by atoms with Crippen molar-refractivity contribution in [2.24, 2.45) is 0 Å². The van der Waals surface area contributed by atoms with Gasteiger partial charge in [-0.2, -0.15) is 5.26 Å². The summed E-state index contributed by atoms with van der Waals surface area (Å²) in [5, 5.41) is 15.0. The summed E-state index contributed by atoms with van der Waals surface area (Å²) in [6, 6.07) is 11.2. The van der Waals surface area contributed by atoms with E-state index in [0.29, 0.717) is 42.9 Å². The molecule has 4 rings (SSSR count). The topological polar surface area (TPSA) is 141 Å². The Kier molecular flexibility index (Phi) is 6.98. The zero-order chi connectivity index (χ0) is 24.1. The number of hydrazine groups is 1. The Morgan fingerprint density at radius 2 is 1.94 bits per heavy atom. The molecule has 174 valence electrons. The van der Waals surface area contributed by atoms with E-state index in [9.17, 15) is 14.4 Å². The van der Waals surface area contributed by atoms with Crippen LogP contribution < -0.4 is 10.9 Å². The maximum absolute atomic E-state index is 13.3. The molecule has 1 aliphatic heterocycles. The van der Waals surface area contributed by atoms with Crippen LogP contribution in [0.25, 0.3) is 11.3 Å². The van der Waals surface area contributed by atoms with Gasteiger partial charge in [-0.25, -0.2) is 4.98 Å². The van der Waals surface area contributed by atoms with E-state index in [4.69, 9.17) is 9.78 Å². The second-order valence-corrected chi connectivity index (χ2v) is 8.69. The highest BCUT2D eigenvalue weighted by molar-refractivity contribution is 7.09. The van der Waals surface area contributed by atoms with Crippen LogP contribution in [0, 0.1) is 18.3 Å². The summed E-state index contributed by atoms with van der Waals surface area (Å²) in [5.74, 6) is -0.632. The van der Waals surface area contributed by atoms with Gasteiger partial charge in [-0.15, -0.1) is 11.3 Å². The lowest BCUT2D eigenvalue weighted by atomic mass is 9.96. The summed E-state index contributed by atoms with van der Waals surface area (Å²) in [4.78, 5) is 43.0. The molecule has 2 N–H and O–H groups in total. The Morgan fingerprint density at radius 3 is 2.65 bits per heavy atom. The van der Waals surface area contributed by atoms with Gasteiger partial charge in [-0.3, -0.25) is 25.2 Å². The average Bonchev–Trinajstić information content (AvgIpc) is 3.50. The summed E-state index contributed by atoms with van der Waals surface area (Å²) in [7, 11) is 0. The molecule has 0 radical (unpaired) electrons. The van der Waals surface area contributed by atoms with Gasteiger partial charge in [-0.1, -0.05) is 35.5 Å². The highest BCUT2D eigenvalue weighted by Gasteiger charge is 2.30. The monoisotopic (exact) mass is 478 g/mol. The van der Waals surface area contributed by atoms with Gasteiger partial charge < -0.3 is 9.42 Å². The fraction of sp³-hybridized carbons (Fsp3) is 0.304. The zero-order valence-electron chi connectivity index (χ0n) is 18.4. The van der Waals surface area contributed by atoms with Crippen LogP contribution in [0.3, 0.4) is 0 Å². The number of carbonyl (C=O) groups is 3. The lowest BCUT2D eigenvalue weighted by Gasteiger charge is -2.31. The number of likely N-dealkylation sites (tertiary alicyclic amines) is 1. The molecule has 0 unspecified atom stereocenters. The Balaban J connectivity index is 1.37. The molecule has 1 aromatic carbocycles. The highest BCUT2D eigenvalue weighted by Crippen LogP contribution is 2.32. The predicted molar refractivity (Wildman–Crippen MR) is 123 cm³/mol. The number of piperidine rings is 1. The van der Waals surface area contributed by atoms with Crippen LogP contribution in [0.2, 0.25) is 0 Å². The van der Waals surface area contributed by atoms with E-state index in [1.165, 1.54) is 11.3 Å². The van der Waals surface area contributed by atoms with E-state index in [-0.39, 0.29) is 23.9 Å². The van der Waals surface area contributed by atoms with E-state index in [2.05, 4.69) is 21.0 Å². The first-order valence-electron chi connectivity index (χ1n) is 10.7. The maximum Gasteiger partial charge on any atom is 0.289 e. The Labute approximate surface area is 199 Å². The van der Waals surface area contributed by atoms with E-state index in [1.807, 2.05) is 30.3 Å². The number of benzene rings is 1.